The van der Waals surface area contributed by atoms with E-state index in [1.807, 2.05) is 11.0 Å². The highest BCUT2D eigenvalue weighted by Crippen LogP contribution is 2.37. The first-order valence-electron chi connectivity index (χ1n) is 10.1. The van der Waals surface area contributed by atoms with Crippen LogP contribution in [-0.4, -0.2) is 55.6 Å². The molecule has 3 rings (SSSR count). The van der Waals surface area contributed by atoms with E-state index in [4.69, 9.17) is 9.47 Å². The molecule has 2 fully saturated rings. The Bertz CT molecular complexity index is 775. The van der Waals surface area contributed by atoms with E-state index in [0.717, 1.165) is 30.6 Å². The van der Waals surface area contributed by atoms with E-state index >= 15 is 0 Å². The largest absolute Gasteiger partial charge is 0.465 e. The fourth-order valence-corrected chi connectivity index (χ4v) is 4.99. The van der Waals surface area contributed by atoms with Gasteiger partial charge in [-0.05, 0) is 37.2 Å². The van der Waals surface area contributed by atoms with Gasteiger partial charge in [0, 0.05) is 23.4 Å². The van der Waals surface area contributed by atoms with Crippen molar-refractivity contribution in [3.8, 4) is 0 Å². The Morgan fingerprint density at radius 3 is 2.52 bits per heavy atom. The summed E-state index contributed by atoms with van der Waals surface area (Å²) in [5.74, 6) is -0.582. The van der Waals surface area contributed by atoms with Crippen molar-refractivity contribution in [3.63, 3.8) is 0 Å². The van der Waals surface area contributed by atoms with Crippen LogP contribution in [0.3, 0.4) is 0 Å². The summed E-state index contributed by atoms with van der Waals surface area (Å²) in [7, 11) is 1.35. The smallest absolute Gasteiger partial charge is 0.350 e. The van der Waals surface area contributed by atoms with Crippen molar-refractivity contribution in [1.29, 1.82) is 0 Å². The van der Waals surface area contributed by atoms with E-state index in [2.05, 4.69) is 26.1 Å². The van der Waals surface area contributed by atoms with Crippen LogP contribution in [-0.2, 0) is 24.5 Å². The van der Waals surface area contributed by atoms with E-state index in [0.29, 0.717) is 23.7 Å². The number of anilines is 1. The molecule has 0 spiro atoms. The molecule has 7 nitrogen and oxygen atoms in total. The van der Waals surface area contributed by atoms with Crippen molar-refractivity contribution in [2.24, 2.45) is 5.92 Å². The average Bonchev–Trinajstić information content (AvgIpc) is 3.12. The van der Waals surface area contributed by atoms with E-state index in [1.165, 1.54) is 18.4 Å². The van der Waals surface area contributed by atoms with Gasteiger partial charge in [0.25, 0.3) is 0 Å². The molecule has 0 aromatic carbocycles. The van der Waals surface area contributed by atoms with Gasteiger partial charge in [-0.25, -0.2) is 4.79 Å². The van der Waals surface area contributed by atoms with Gasteiger partial charge in [-0.2, -0.15) is 0 Å². The molecule has 0 radical (unpaired) electrons. The lowest BCUT2D eigenvalue weighted by Crippen LogP contribution is -2.49. The number of hydrogen-bond acceptors (Lipinski definition) is 6. The SMILES string of the molecule is COC(=O)c1sc(C(C)(C)C)cc1NC(=O)[C@H]1CC[C@H](N2CCOCC2=O)CC1. The lowest BCUT2D eigenvalue weighted by molar-refractivity contribution is -0.146. The number of esters is 1. The summed E-state index contributed by atoms with van der Waals surface area (Å²) in [6, 6.07) is 2.07. The third-order valence-electron chi connectivity index (χ3n) is 5.63. The number of nitrogens with one attached hydrogen (secondary N) is 1. The van der Waals surface area contributed by atoms with Crippen LogP contribution in [0.25, 0.3) is 0 Å². The first kappa shape index (κ1) is 21.8. The predicted octanol–water partition coefficient (Wildman–Crippen LogP) is 3.19. The molecule has 1 saturated heterocycles. The van der Waals surface area contributed by atoms with E-state index in [9.17, 15) is 14.4 Å². The highest BCUT2D eigenvalue weighted by Gasteiger charge is 2.33. The maximum Gasteiger partial charge on any atom is 0.350 e. The van der Waals surface area contributed by atoms with Crippen LogP contribution in [0.5, 0.6) is 0 Å². The lowest BCUT2D eigenvalue weighted by Gasteiger charge is -2.38. The van der Waals surface area contributed by atoms with Gasteiger partial charge in [-0.1, -0.05) is 20.8 Å². The molecule has 2 amide bonds. The quantitative estimate of drug-likeness (QED) is 0.754. The number of morpholine rings is 1. The molecule has 0 bridgehead atoms. The molecule has 0 atom stereocenters. The Hall–Kier alpha value is -1.93. The summed E-state index contributed by atoms with van der Waals surface area (Å²) in [5.41, 5.74) is 0.404. The molecular weight excluding hydrogens is 392 g/mol. The van der Waals surface area contributed by atoms with Crippen molar-refractivity contribution < 1.29 is 23.9 Å². The minimum Gasteiger partial charge on any atom is -0.465 e. The van der Waals surface area contributed by atoms with Gasteiger partial charge in [-0.15, -0.1) is 11.3 Å². The Morgan fingerprint density at radius 1 is 1.24 bits per heavy atom. The minimum absolute atomic E-state index is 0.0415. The number of thiophene rings is 1. The Kier molecular flexibility index (Phi) is 6.63. The van der Waals surface area contributed by atoms with E-state index in [1.54, 1.807) is 0 Å². The van der Waals surface area contributed by atoms with Gasteiger partial charge in [0.05, 0.1) is 19.4 Å². The number of ether oxygens (including phenoxy) is 2. The second kappa shape index (κ2) is 8.83. The summed E-state index contributed by atoms with van der Waals surface area (Å²) in [6.45, 7) is 7.58. The molecule has 29 heavy (non-hydrogen) atoms. The molecule has 1 aliphatic heterocycles. The van der Waals surface area contributed by atoms with Crippen LogP contribution >= 0.6 is 11.3 Å². The first-order chi connectivity index (χ1) is 13.7. The molecule has 8 heteroatoms. The summed E-state index contributed by atoms with van der Waals surface area (Å²) in [4.78, 5) is 40.4. The molecule has 1 N–H and O–H groups in total. The zero-order valence-corrected chi connectivity index (χ0v) is 18.4. The monoisotopic (exact) mass is 422 g/mol. The highest BCUT2D eigenvalue weighted by atomic mass is 32.1. The number of amides is 2. The van der Waals surface area contributed by atoms with Gasteiger partial charge in [0.1, 0.15) is 11.5 Å². The fourth-order valence-electron chi connectivity index (χ4n) is 3.90. The zero-order valence-electron chi connectivity index (χ0n) is 17.6. The number of hydrogen-bond donors (Lipinski definition) is 1. The van der Waals surface area contributed by atoms with Crippen molar-refractivity contribution in [1.82, 2.24) is 4.90 Å². The number of carbonyl (C=O) groups excluding carboxylic acids is 3. The summed E-state index contributed by atoms with van der Waals surface area (Å²) < 4.78 is 10.1. The van der Waals surface area contributed by atoms with Crippen LogP contribution in [0.15, 0.2) is 6.07 Å². The maximum atomic E-state index is 12.9. The minimum atomic E-state index is -0.435. The van der Waals surface area contributed by atoms with Gasteiger partial charge in [0.2, 0.25) is 11.8 Å². The standard InChI is InChI=1S/C21H30N2O5S/c1-21(2,3)16-11-15(18(29-16)20(26)27-4)22-19(25)13-5-7-14(8-6-13)23-9-10-28-12-17(23)24/h11,13-14H,5-10,12H2,1-4H3,(H,22,25)/t13-,14-. The number of methoxy groups -OCH3 is 1. The Labute approximate surface area is 175 Å². The summed E-state index contributed by atoms with van der Waals surface area (Å²) in [5, 5.41) is 2.96. The van der Waals surface area contributed by atoms with Crippen molar-refractivity contribution in [3.05, 3.63) is 15.8 Å². The molecule has 1 aromatic rings. The molecule has 1 saturated carbocycles. The fraction of sp³-hybridized carbons (Fsp3) is 0.667. The number of carbonyl (C=O) groups is 3. The van der Waals surface area contributed by atoms with Crippen molar-refractivity contribution in [2.75, 3.05) is 32.2 Å². The second-order valence-corrected chi connectivity index (χ2v) is 9.78. The van der Waals surface area contributed by atoms with Crippen LogP contribution in [0.2, 0.25) is 0 Å². The predicted molar refractivity (Wildman–Crippen MR) is 111 cm³/mol. The maximum absolute atomic E-state index is 12.9. The number of nitrogens with zero attached hydrogens (tertiary/aromatic N) is 1. The summed E-state index contributed by atoms with van der Waals surface area (Å²) >= 11 is 1.36. The van der Waals surface area contributed by atoms with E-state index < -0.39 is 5.97 Å². The first-order valence-corrected chi connectivity index (χ1v) is 10.9. The van der Waals surface area contributed by atoms with Gasteiger partial charge >= 0.3 is 5.97 Å². The third kappa shape index (κ3) is 4.98. The molecule has 1 aromatic heterocycles. The van der Waals surface area contributed by atoms with Crippen LogP contribution < -0.4 is 5.32 Å². The Morgan fingerprint density at radius 2 is 1.93 bits per heavy atom. The normalized spacial score (nSPS) is 23.0. The number of rotatable bonds is 4. The third-order valence-corrected chi connectivity index (χ3v) is 7.17. The highest BCUT2D eigenvalue weighted by molar-refractivity contribution is 7.14. The average molecular weight is 423 g/mol. The van der Waals surface area contributed by atoms with E-state index in [-0.39, 0.29) is 35.8 Å². The zero-order chi connectivity index (χ0) is 21.2. The van der Waals surface area contributed by atoms with Crippen LogP contribution in [0.4, 0.5) is 5.69 Å². The van der Waals surface area contributed by atoms with Gasteiger partial charge in [0.15, 0.2) is 0 Å². The summed E-state index contributed by atoms with van der Waals surface area (Å²) in [6.07, 6.45) is 3.07. The van der Waals surface area contributed by atoms with Crippen molar-refractivity contribution >= 4 is 34.8 Å². The van der Waals surface area contributed by atoms with Crippen molar-refractivity contribution in [2.45, 2.75) is 57.9 Å². The lowest BCUT2D eigenvalue weighted by atomic mass is 9.84. The molecule has 160 valence electrons. The van der Waals surface area contributed by atoms with Crippen LogP contribution in [0.1, 0.15) is 61.0 Å². The topological polar surface area (TPSA) is 84.9 Å². The van der Waals surface area contributed by atoms with Crippen LogP contribution in [0, 0.1) is 5.92 Å². The second-order valence-electron chi connectivity index (χ2n) is 8.73. The van der Waals surface area contributed by atoms with Gasteiger partial charge < -0.3 is 19.7 Å². The Balaban J connectivity index is 1.64. The molecule has 2 aliphatic rings. The molecule has 2 heterocycles. The molecular formula is C21H30N2O5S. The molecule has 1 aliphatic carbocycles. The van der Waals surface area contributed by atoms with Gasteiger partial charge in [-0.3, -0.25) is 9.59 Å². The molecule has 0 unspecified atom stereocenters.